The van der Waals surface area contributed by atoms with Gasteiger partial charge in [-0.1, -0.05) is 86.9 Å². The molecule has 26 heavy (non-hydrogen) atoms. The average Bonchev–Trinajstić information content (AvgIpc) is 2.68. The molecule has 0 atom stereocenters. The molecule has 0 aliphatic heterocycles. The zero-order chi connectivity index (χ0) is 18.6. The molecular weight excluding hydrogens is 330 g/mol. The highest BCUT2D eigenvalue weighted by atomic mass is 19.2. The first-order valence-corrected chi connectivity index (χ1v) is 9.18. The second-order valence-corrected chi connectivity index (χ2v) is 6.91. The molecule has 1 N–H and O–H groups in total. The van der Waals surface area contributed by atoms with Crippen molar-refractivity contribution in [2.45, 2.75) is 43.9 Å². The van der Waals surface area contributed by atoms with Gasteiger partial charge in [-0.25, -0.2) is 4.39 Å². The Labute approximate surface area is 153 Å². The number of aromatic hydroxyl groups is 1. The Balaban J connectivity index is 1.91. The van der Waals surface area contributed by atoms with E-state index in [0.29, 0.717) is 0 Å². The maximum Gasteiger partial charge on any atom is 0.200 e. The smallest absolute Gasteiger partial charge is 0.200 e. The van der Waals surface area contributed by atoms with Crippen molar-refractivity contribution in [3.8, 4) is 5.75 Å². The summed E-state index contributed by atoms with van der Waals surface area (Å²) in [6.45, 7) is 2.18. The first-order chi connectivity index (χ1) is 12.6. The number of hydrogen-bond acceptors (Lipinski definition) is 1. The molecule has 3 rings (SSSR count). The van der Waals surface area contributed by atoms with Crippen LogP contribution in [0.2, 0.25) is 0 Å². The molecule has 1 nitrogen and oxygen atoms in total. The molecule has 0 amide bonds. The molecule has 0 bridgehead atoms. The Morgan fingerprint density at radius 1 is 0.923 bits per heavy atom. The van der Waals surface area contributed by atoms with Gasteiger partial charge in [0.15, 0.2) is 11.6 Å². The average molecular weight is 354 g/mol. The number of unbranched alkanes of at least 4 members (excludes halogenated alkanes) is 2. The van der Waals surface area contributed by atoms with Crippen LogP contribution in [0.5, 0.6) is 5.75 Å². The van der Waals surface area contributed by atoms with E-state index in [4.69, 9.17) is 0 Å². The number of phenols is 1. The Hall–Kier alpha value is -2.42. The largest absolute Gasteiger partial charge is 0.505 e. The standard InChI is InChI=1S/C23H24F2O/c1-2-3-7-14-23(18-8-5-4-6-9-18)15-12-17(13-16-23)19-10-11-20(26)22(25)21(19)24/h4-6,8-13,15-17,26H,2-3,7,14H2,1H3. The number of hydrogen-bond donors (Lipinski definition) is 1. The zero-order valence-electron chi connectivity index (χ0n) is 15.0. The van der Waals surface area contributed by atoms with Crippen LogP contribution in [-0.2, 0) is 5.41 Å². The molecule has 1 aliphatic carbocycles. The van der Waals surface area contributed by atoms with Crippen molar-refractivity contribution < 1.29 is 13.9 Å². The van der Waals surface area contributed by atoms with Crippen molar-refractivity contribution in [2.75, 3.05) is 0 Å². The van der Waals surface area contributed by atoms with Crippen LogP contribution in [0.1, 0.15) is 49.7 Å². The highest BCUT2D eigenvalue weighted by Gasteiger charge is 2.30. The van der Waals surface area contributed by atoms with Crippen molar-refractivity contribution in [3.63, 3.8) is 0 Å². The molecule has 0 spiro atoms. The lowest BCUT2D eigenvalue weighted by molar-refractivity contribution is 0.403. The van der Waals surface area contributed by atoms with Gasteiger partial charge < -0.3 is 5.11 Å². The molecule has 0 radical (unpaired) electrons. The molecule has 0 aromatic heterocycles. The summed E-state index contributed by atoms with van der Waals surface area (Å²) in [5.41, 5.74) is 1.24. The lowest BCUT2D eigenvalue weighted by Gasteiger charge is -2.32. The van der Waals surface area contributed by atoms with E-state index in [2.05, 4.69) is 31.2 Å². The van der Waals surface area contributed by atoms with Crippen LogP contribution in [0.3, 0.4) is 0 Å². The van der Waals surface area contributed by atoms with Gasteiger partial charge in [0.2, 0.25) is 5.82 Å². The Morgan fingerprint density at radius 3 is 2.27 bits per heavy atom. The van der Waals surface area contributed by atoms with Crippen molar-refractivity contribution >= 4 is 0 Å². The molecule has 2 aromatic rings. The van der Waals surface area contributed by atoms with Gasteiger partial charge >= 0.3 is 0 Å². The number of allylic oxidation sites excluding steroid dienone is 4. The molecule has 3 heteroatoms. The zero-order valence-corrected chi connectivity index (χ0v) is 15.0. The molecule has 136 valence electrons. The first kappa shape index (κ1) is 18.4. The number of benzene rings is 2. The van der Waals surface area contributed by atoms with E-state index in [1.807, 2.05) is 30.4 Å². The number of phenolic OH excluding ortho intramolecular Hbond substituents is 1. The molecule has 0 saturated carbocycles. The van der Waals surface area contributed by atoms with Gasteiger partial charge in [0.05, 0.1) is 0 Å². The molecule has 2 aromatic carbocycles. The topological polar surface area (TPSA) is 20.2 Å². The van der Waals surface area contributed by atoms with Crippen LogP contribution in [0.25, 0.3) is 0 Å². The predicted octanol–water partition coefficient (Wildman–Crippen LogP) is 6.40. The minimum Gasteiger partial charge on any atom is -0.505 e. The summed E-state index contributed by atoms with van der Waals surface area (Å²) in [5, 5.41) is 9.32. The van der Waals surface area contributed by atoms with Gasteiger partial charge in [-0.3, -0.25) is 0 Å². The third kappa shape index (κ3) is 3.57. The lowest BCUT2D eigenvalue weighted by Crippen LogP contribution is -2.23. The van der Waals surface area contributed by atoms with Crippen molar-refractivity contribution in [1.82, 2.24) is 0 Å². The van der Waals surface area contributed by atoms with Crippen molar-refractivity contribution in [3.05, 3.63) is 89.5 Å². The number of rotatable bonds is 6. The van der Waals surface area contributed by atoms with Crippen LogP contribution < -0.4 is 0 Å². The fourth-order valence-electron chi connectivity index (χ4n) is 3.61. The fourth-order valence-corrected chi connectivity index (χ4v) is 3.61. The third-order valence-corrected chi connectivity index (χ3v) is 5.16. The van der Waals surface area contributed by atoms with Crippen LogP contribution >= 0.6 is 0 Å². The van der Waals surface area contributed by atoms with E-state index < -0.39 is 17.4 Å². The first-order valence-electron chi connectivity index (χ1n) is 9.18. The number of halogens is 2. The summed E-state index contributed by atoms with van der Waals surface area (Å²) in [6, 6.07) is 12.9. The van der Waals surface area contributed by atoms with E-state index in [1.165, 1.54) is 17.7 Å². The van der Waals surface area contributed by atoms with Crippen LogP contribution in [0, 0.1) is 11.6 Å². The summed E-state index contributed by atoms with van der Waals surface area (Å²) >= 11 is 0. The van der Waals surface area contributed by atoms with Crippen LogP contribution in [0.4, 0.5) is 8.78 Å². The second kappa shape index (κ2) is 7.86. The van der Waals surface area contributed by atoms with Gasteiger partial charge in [-0.2, -0.15) is 4.39 Å². The third-order valence-electron chi connectivity index (χ3n) is 5.16. The molecule has 0 unspecified atom stereocenters. The SMILES string of the molecule is CCCCCC1(c2ccccc2)C=CC(c2ccc(O)c(F)c2F)C=C1. The summed E-state index contributed by atoms with van der Waals surface area (Å²) in [5.74, 6) is -3.17. The van der Waals surface area contributed by atoms with Crippen molar-refractivity contribution in [2.24, 2.45) is 0 Å². The summed E-state index contributed by atoms with van der Waals surface area (Å²) in [6.07, 6.45) is 12.5. The van der Waals surface area contributed by atoms with E-state index in [-0.39, 0.29) is 16.9 Å². The van der Waals surface area contributed by atoms with E-state index in [9.17, 15) is 13.9 Å². The highest BCUT2D eigenvalue weighted by molar-refractivity contribution is 5.45. The van der Waals surface area contributed by atoms with E-state index in [0.717, 1.165) is 25.7 Å². The van der Waals surface area contributed by atoms with Gasteiger partial charge in [0, 0.05) is 16.9 Å². The van der Waals surface area contributed by atoms with E-state index >= 15 is 0 Å². The molecular formula is C23H24F2O. The minimum atomic E-state index is -1.19. The molecule has 0 saturated heterocycles. The lowest BCUT2D eigenvalue weighted by atomic mass is 9.72. The second-order valence-electron chi connectivity index (χ2n) is 6.91. The summed E-state index contributed by atoms with van der Waals surface area (Å²) in [7, 11) is 0. The molecule has 1 aliphatic rings. The molecule has 0 fully saturated rings. The minimum absolute atomic E-state index is 0.209. The van der Waals surface area contributed by atoms with Crippen LogP contribution in [-0.4, -0.2) is 5.11 Å². The van der Waals surface area contributed by atoms with Gasteiger partial charge in [0.25, 0.3) is 0 Å². The van der Waals surface area contributed by atoms with Gasteiger partial charge in [0.1, 0.15) is 0 Å². The Morgan fingerprint density at radius 2 is 1.62 bits per heavy atom. The summed E-state index contributed by atoms with van der Waals surface area (Å²) in [4.78, 5) is 0. The monoisotopic (exact) mass is 354 g/mol. The normalized spacial score (nSPS) is 21.9. The Kier molecular flexibility index (Phi) is 5.55. The molecule has 0 heterocycles. The van der Waals surface area contributed by atoms with Crippen LogP contribution in [0.15, 0.2) is 66.8 Å². The predicted molar refractivity (Wildman–Crippen MR) is 101 cm³/mol. The Bertz CT molecular complexity index is 794. The van der Waals surface area contributed by atoms with E-state index in [1.54, 1.807) is 0 Å². The fraction of sp³-hybridized carbons (Fsp3) is 0.304. The maximum absolute atomic E-state index is 14.2. The quantitative estimate of drug-likeness (QED) is 0.470. The summed E-state index contributed by atoms with van der Waals surface area (Å²) < 4.78 is 27.9. The maximum atomic E-state index is 14.2. The highest BCUT2D eigenvalue weighted by Crippen LogP contribution is 2.40. The van der Waals surface area contributed by atoms with Gasteiger partial charge in [-0.15, -0.1) is 0 Å². The van der Waals surface area contributed by atoms with Gasteiger partial charge in [-0.05, 0) is 18.1 Å². The van der Waals surface area contributed by atoms with Crippen molar-refractivity contribution in [1.29, 1.82) is 0 Å².